The lowest BCUT2D eigenvalue weighted by Gasteiger charge is -2.55. The molecule has 2 aliphatic heterocycles. The molecule has 1 spiro atoms. The fourth-order valence-electron chi connectivity index (χ4n) is 4.42. The second-order valence-corrected chi connectivity index (χ2v) is 8.81. The van der Waals surface area contributed by atoms with Crippen molar-refractivity contribution >= 4 is 5.82 Å². The average molecular weight is 380 g/mol. The van der Waals surface area contributed by atoms with Gasteiger partial charge >= 0.3 is 0 Å². The van der Waals surface area contributed by atoms with Gasteiger partial charge in [-0.2, -0.15) is 0 Å². The van der Waals surface area contributed by atoms with Gasteiger partial charge in [-0.3, -0.25) is 4.79 Å². The van der Waals surface area contributed by atoms with E-state index in [1.165, 1.54) is 17.5 Å². The Morgan fingerprint density at radius 2 is 2.07 bits per heavy atom. The van der Waals surface area contributed by atoms with Crippen molar-refractivity contribution in [3.05, 3.63) is 57.6 Å². The van der Waals surface area contributed by atoms with E-state index < -0.39 is 0 Å². The average Bonchev–Trinajstić information content (AvgIpc) is 3.39. The molecule has 5 rings (SSSR count). The fraction of sp³-hybridized carbons (Fsp3) is 0.545. The number of hydrogen-bond acceptors (Lipinski definition) is 5. The van der Waals surface area contributed by atoms with Gasteiger partial charge in [0.1, 0.15) is 0 Å². The van der Waals surface area contributed by atoms with Gasteiger partial charge in [-0.15, -0.1) is 0 Å². The normalized spacial score (nSPS) is 24.7. The van der Waals surface area contributed by atoms with Gasteiger partial charge in [0.25, 0.3) is 5.56 Å². The number of aromatic nitrogens is 2. The Balaban J connectivity index is 1.08. The first kappa shape index (κ1) is 17.9. The number of ether oxygens (including phenoxy) is 1. The van der Waals surface area contributed by atoms with Crippen molar-refractivity contribution in [3.63, 3.8) is 0 Å². The highest BCUT2D eigenvalue weighted by atomic mass is 16.5. The molecule has 2 aromatic rings. The minimum absolute atomic E-state index is 0.0871. The molecule has 3 heterocycles. The van der Waals surface area contributed by atoms with Crippen LogP contribution in [0.2, 0.25) is 0 Å². The molecule has 1 aliphatic carbocycles. The molecule has 28 heavy (non-hydrogen) atoms. The van der Waals surface area contributed by atoms with E-state index in [-0.39, 0.29) is 11.0 Å². The van der Waals surface area contributed by atoms with Crippen molar-refractivity contribution in [2.45, 2.75) is 38.1 Å². The molecule has 0 amide bonds. The number of nitrogens with one attached hydrogen (secondary N) is 2. The zero-order valence-corrected chi connectivity index (χ0v) is 16.4. The van der Waals surface area contributed by atoms with E-state index in [0.717, 1.165) is 51.4 Å². The summed E-state index contributed by atoms with van der Waals surface area (Å²) in [6.07, 6.45) is 4.89. The highest BCUT2D eigenvalue weighted by molar-refractivity contribution is 5.42. The van der Waals surface area contributed by atoms with Crippen LogP contribution in [0.15, 0.2) is 35.3 Å². The first-order valence-corrected chi connectivity index (χ1v) is 10.3. The monoisotopic (exact) mass is 380 g/mol. The van der Waals surface area contributed by atoms with Gasteiger partial charge in [-0.1, -0.05) is 29.8 Å². The van der Waals surface area contributed by atoms with Crippen LogP contribution in [0.1, 0.15) is 35.6 Å². The van der Waals surface area contributed by atoms with Crippen LogP contribution in [-0.4, -0.2) is 48.9 Å². The van der Waals surface area contributed by atoms with E-state index in [1.807, 2.05) is 0 Å². The first-order valence-electron chi connectivity index (χ1n) is 10.3. The predicted molar refractivity (Wildman–Crippen MR) is 109 cm³/mol. The quantitative estimate of drug-likeness (QED) is 0.719. The Morgan fingerprint density at radius 1 is 1.29 bits per heavy atom. The standard InChI is InChI=1S/C22H28N4O2/c1-15-4-6-16(7-5-15)18-9-19(18)23-8-2-3-17-10-24-21(27)20(25-17)26-11-22(12-26)13-28-14-22/h4-7,10,18-19,23H,2-3,8-9,11-14H2,1H3,(H,24,27)/t18-,19+/m0/s1. The smallest absolute Gasteiger partial charge is 0.290 e. The van der Waals surface area contributed by atoms with Gasteiger partial charge in [-0.25, -0.2) is 4.98 Å². The molecule has 2 saturated heterocycles. The van der Waals surface area contributed by atoms with Crippen LogP contribution in [0, 0.1) is 12.3 Å². The van der Waals surface area contributed by atoms with Gasteiger partial charge in [0.15, 0.2) is 5.82 Å². The maximum absolute atomic E-state index is 12.1. The van der Waals surface area contributed by atoms with Gasteiger partial charge in [0.2, 0.25) is 0 Å². The molecule has 6 heteroatoms. The van der Waals surface area contributed by atoms with Crippen molar-refractivity contribution in [2.24, 2.45) is 5.41 Å². The Bertz CT molecular complexity index is 895. The summed E-state index contributed by atoms with van der Waals surface area (Å²) in [6, 6.07) is 9.50. The summed E-state index contributed by atoms with van der Waals surface area (Å²) >= 11 is 0. The lowest BCUT2D eigenvalue weighted by molar-refractivity contribution is -0.127. The molecule has 0 radical (unpaired) electrons. The zero-order valence-electron chi connectivity index (χ0n) is 16.4. The molecule has 3 aliphatic rings. The Kier molecular flexibility index (Phi) is 4.48. The van der Waals surface area contributed by atoms with E-state index in [1.54, 1.807) is 6.20 Å². The summed E-state index contributed by atoms with van der Waals surface area (Å²) in [5.74, 6) is 1.23. The summed E-state index contributed by atoms with van der Waals surface area (Å²) in [5.41, 5.74) is 3.92. The van der Waals surface area contributed by atoms with Gasteiger partial charge in [0, 0.05) is 31.2 Å². The molecule has 1 aromatic heterocycles. The highest BCUT2D eigenvalue weighted by Crippen LogP contribution is 2.41. The summed E-state index contributed by atoms with van der Waals surface area (Å²) in [5, 5.41) is 3.66. The summed E-state index contributed by atoms with van der Waals surface area (Å²) in [6.45, 7) is 6.51. The van der Waals surface area contributed by atoms with E-state index >= 15 is 0 Å². The number of aryl methyl sites for hydroxylation is 2. The van der Waals surface area contributed by atoms with E-state index in [2.05, 4.69) is 51.4 Å². The topological polar surface area (TPSA) is 70.2 Å². The third-order valence-electron chi connectivity index (χ3n) is 6.30. The molecule has 3 fully saturated rings. The maximum Gasteiger partial charge on any atom is 0.290 e. The van der Waals surface area contributed by atoms with Crippen molar-refractivity contribution < 1.29 is 4.74 Å². The molecule has 6 nitrogen and oxygen atoms in total. The van der Waals surface area contributed by atoms with Gasteiger partial charge in [-0.05, 0) is 38.3 Å². The Hall–Kier alpha value is -2.18. The largest absolute Gasteiger partial charge is 0.380 e. The van der Waals surface area contributed by atoms with Crippen LogP contribution >= 0.6 is 0 Å². The molecular formula is C22H28N4O2. The number of H-pyrrole nitrogens is 1. The SMILES string of the molecule is Cc1ccc([C@@H]2C[C@H]2NCCCc2c[nH]c(=O)c(N3CC4(COC4)C3)n2)cc1. The van der Waals surface area contributed by atoms with Crippen LogP contribution < -0.4 is 15.8 Å². The number of aromatic amines is 1. The third-order valence-corrected chi connectivity index (χ3v) is 6.30. The molecule has 0 bridgehead atoms. The minimum atomic E-state index is -0.0871. The van der Waals surface area contributed by atoms with Crippen LogP contribution in [0.5, 0.6) is 0 Å². The number of hydrogen-bond donors (Lipinski definition) is 2. The maximum atomic E-state index is 12.1. The van der Waals surface area contributed by atoms with Crippen LogP contribution in [0.3, 0.4) is 0 Å². The Morgan fingerprint density at radius 3 is 2.79 bits per heavy atom. The lowest BCUT2D eigenvalue weighted by Crippen LogP contribution is -2.67. The second kappa shape index (κ2) is 7.01. The van der Waals surface area contributed by atoms with Crippen molar-refractivity contribution in [1.82, 2.24) is 15.3 Å². The number of nitrogens with zero attached hydrogens (tertiary/aromatic N) is 2. The van der Waals surface area contributed by atoms with E-state index in [9.17, 15) is 4.79 Å². The Labute approximate surface area is 165 Å². The molecule has 0 unspecified atom stereocenters. The molecular weight excluding hydrogens is 352 g/mol. The summed E-state index contributed by atoms with van der Waals surface area (Å²) in [7, 11) is 0. The molecule has 148 valence electrons. The van der Waals surface area contributed by atoms with Crippen LogP contribution in [0.4, 0.5) is 5.82 Å². The van der Waals surface area contributed by atoms with Crippen LogP contribution in [0.25, 0.3) is 0 Å². The van der Waals surface area contributed by atoms with Crippen molar-refractivity contribution in [3.8, 4) is 0 Å². The summed E-state index contributed by atoms with van der Waals surface area (Å²) < 4.78 is 5.31. The zero-order chi connectivity index (χ0) is 19.1. The number of benzene rings is 1. The van der Waals surface area contributed by atoms with E-state index in [0.29, 0.717) is 17.8 Å². The molecule has 1 aromatic carbocycles. The highest BCUT2D eigenvalue weighted by Gasteiger charge is 2.50. The van der Waals surface area contributed by atoms with Gasteiger partial charge < -0.3 is 19.9 Å². The lowest BCUT2D eigenvalue weighted by atomic mass is 9.78. The van der Waals surface area contributed by atoms with Crippen LogP contribution in [-0.2, 0) is 11.2 Å². The van der Waals surface area contributed by atoms with Crippen molar-refractivity contribution in [1.29, 1.82) is 0 Å². The predicted octanol–water partition coefficient (Wildman–Crippen LogP) is 1.99. The van der Waals surface area contributed by atoms with E-state index in [4.69, 9.17) is 4.74 Å². The number of anilines is 1. The van der Waals surface area contributed by atoms with Crippen molar-refractivity contribution in [2.75, 3.05) is 37.7 Å². The first-order chi connectivity index (χ1) is 13.6. The van der Waals surface area contributed by atoms with Gasteiger partial charge in [0.05, 0.1) is 24.3 Å². The molecule has 2 N–H and O–H groups in total. The molecule has 1 saturated carbocycles. The number of rotatable bonds is 7. The molecule has 2 atom stereocenters. The second-order valence-electron chi connectivity index (χ2n) is 8.81. The minimum Gasteiger partial charge on any atom is -0.380 e. The summed E-state index contributed by atoms with van der Waals surface area (Å²) in [4.78, 5) is 21.7. The fourth-order valence-corrected chi connectivity index (χ4v) is 4.42. The third kappa shape index (κ3) is 3.47.